The zero-order chi connectivity index (χ0) is 15.0. The van der Waals surface area contributed by atoms with Crippen LogP contribution in [0.4, 0.5) is 5.69 Å². The number of nitriles is 1. The van der Waals surface area contributed by atoms with Crippen LogP contribution in [-0.2, 0) is 9.53 Å². The van der Waals surface area contributed by atoms with Crippen LogP contribution in [0.2, 0.25) is 0 Å². The molecule has 0 amide bonds. The van der Waals surface area contributed by atoms with E-state index in [4.69, 9.17) is 19.5 Å². The van der Waals surface area contributed by atoms with Crippen molar-refractivity contribution < 1.29 is 19.0 Å². The van der Waals surface area contributed by atoms with Gasteiger partial charge in [-0.25, -0.2) is 0 Å². The van der Waals surface area contributed by atoms with Crippen LogP contribution in [0.25, 0.3) is 0 Å². The summed E-state index contributed by atoms with van der Waals surface area (Å²) in [5.74, 6) is -0.559. The Hall–Kier alpha value is -2.55. The van der Waals surface area contributed by atoms with Gasteiger partial charge in [-0.3, -0.25) is 9.79 Å². The van der Waals surface area contributed by atoms with Gasteiger partial charge >= 0.3 is 5.97 Å². The summed E-state index contributed by atoms with van der Waals surface area (Å²) in [7, 11) is 3.04. The summed E-state index contributed by atoms with van der Waals surface area (Å²) in [5, 5.41) is 8.93. The Bertz CT molecular complexity index is 534. The molecule has 0 spiro atoms. The van der Waals surface area contributed by atoms with E-state index in [0.29, 0.717) is 17.2 Å². The molecule has 1 rings (SSSR count). The first-order valence-corrected chi connectivity index (χ1v) is 5.98. The Morgan fingerprint density at radius 3 is 2.75 bits per heavy atom. The van der Waals surface area contributed by atoms with Gasteiger partial charge in [0.25, 0.3) is 0 Å². The maximum absolute atomic E-state index is 11.5. The first-order chi connectivity index (χ1) is 9.65. The van der Waals surface area contributed by atoms with Crippen LogP contribution in [0, 0.1) is 17.2 Å². The third-order valence-electron chi connectivity index (χ3n) is 2.43. The third-order valence-corrected chi connectivity index (χ3v) is 2.43. The molecule has 1 aromatic carbocycles. The van der Waals surface area contributed by atoms with Gasteiger partial charge in [0.1, 0.15) is 17.2 Å². The number of ether oxygens (including phenoxy) is 3. The lowest BCUT2D eigenvalue weighted by molar-refractivity contribution is -0.143. The highest BCUT2D eigenvalue weighted by Crippen LogP contribution is 2.31. The van der Waals surface area contributed by atoms with E-state index in [1.165, 1.54) is 20.4 Å². The largest absolute Gasteiger partial charge is 0.497 e. The second-order valence-corrected chi connectivity index (χ2v) is 3.67. The minimum atomic E-state index is -1.05. The quantitative estimate of drug-likeness (QED) is 0.587. The highest BCUT2D eigenvalue weighted by molar-refractivity contribution is 5.93. The van der Waals surface area contributed by atoms with E-state index in [-0.39, 0.29) is 6.61 Å². The van der Waals surface area contributed by atoms with Crippen molar-refractivity contribution in [2.75, 3.05) is 20.8 Å². The Morgan fingerprint density at radius 2 is 2.20 bits per heavy atom. The molecule has 106 valence electrons. The summed E-state index contributed by atoms with van der Waals surface area (Å²) in [6.45, 7) is 1.89. The lowest BCUT2D eigenvalue weighted by Gasteiger charge is -2.07. The van der Waals surface area contributed by atoms with Crippen LogP contribution in [0.3, 0.4) is 0 Å². The summed E-state index contributed by atoms with van der Waals surface area (Å²) in [6, 6.07) is 6.89. The van der Waals surface area contributed by atoms with Crippen molar-refractivity contribution in [3.05, 3.63) is 18.2 Å². The van der Waals surface area contributed by atoms with E-state index < -0.39 is 11.9 Å². The zero-order valence-electron chi connectivity index (χ0n) is 11.6. The molecule has 0 saturated heterocycles. The number of carbonyl (C=O) groups excluding carboxylic acids is 1. The van der Waals surface area contributed by atoms with E-state index >= 15 is 0 Å². The van der Waals surface area contributed by atoms with E-state index in [0.717, 1.165) is 0 Å². The predicted octanol–water partition coefficient (Wildman–Crippen LogP) is 2.11. The Labute approximate surface area is 117 Å². The lowest BCUT2D eigenvalue weighted by atomic mass is 10.2. The van der Waals surface area contributed by atoms with Crippen molar-refractivity contribution >= 4 is 17.9 Å². The molecule has 6 heteroatoms. The molecule has 0 N–H and O–H groups in total. The molecule has 0 radical (unpaired) electrons. The molecular formula is C14H16N2O4. The number of carbonyl (C=O) groups is 1. The smallest absolute Gasteiger partial charge is 0.328 e. The van der Waals surface area contributed by atoms with Gasteiger partial charge in [-0.1, -0.05) is 0 Å². The fourth-order valence-corrected chi connectivity index (χ4v) is 1.43. The molecule has 1 aromatic rings. The number of aliphatic imine (C=N–C) groups is 1. The summed E-state index contributed by atoms with van der Waals surface area (Å²) in [5.41, 5.74) is 0.469. The average Bonchev–Trinajstić information content (AvgIpc) is 2.47. The van der Waals surface area contributed by atoms with Gasteiger partial charge in [-0.15, -0.1) is 0 Å². The summed E-state index contributed by atoms with van der Waals surface area (Å²) >= 11 is 0. The number of esters is 1. The molecule has 0 aliphatic rings. The van der Waals surface area contributed by atoms with Gasteiger partial charge in [0.05, 0.1) is 26.9 Å². The van der Waals surface area contributed by atoms with Crippen LogP contribution in [-0.4, -0.2) is 33.0 Å². The van der Waals surface area contributed by atoms with Crippen LogP contribution in [0.1, 0.15) is 6.92 Å². The standard InChI is InChI=1S/C14H16N2O4/c1-4-20-14(17)10(8-15)9-16-12-7-11(18-2)5-6-13(12)19-3/h5-7,9-10H,4H2,1-3H3. The topological polar surface area (TPSA) is 80.9 Å². The minimum absolute atomic E-state index is 0.216. The Balaban J connectivity index is 2.98. The summed E-state index contributed by atoms with van der Waals surface area (Å²) in [4.78, 5) is 15.6. The van der Waals surface area contributed by atoms with Gasteiger partial charge < -0.3 is 14.2 Å². The fraction of sp³-hybridized carbons (Fsp3) is 0.357. The normalized spacial score (nSPS) is 11.7. The second kappa shape index (κ2) is 7.79. The van der Waals surface area contributed by atoms with Crippen LogP contribution >= 0.6 is 0 Å². The van der Waals surface area contributed by atoms with Gasteiger partial charge in [0.15, 0.2) is 5.92 Å². The first-order valence-electron chi connectivity index (χ1n) is 5.98. The average molecular weight is 276 g/mol. The highest BCUT2D eigenvalue weighted by Gasteiger charge is 2.16. The molecule has 0 fully saturated rings. The van der Waals surface area contributed by atoms with Gasteiger partial charge in [-0.2, -0.15) is 5.26 Å². The Kier molecular flexibility index (Phi) is 6.04. The molecular weight excluding hydrogens is 260 g/mol. The molecule has 0 bridgehead atoms. The summed E-state index contributed by atoms with van der Waals surface area (Å²) in [6.07, 6.45) is 1.23. The minimum Gasteiger partial charge on any atom is -0.497 e. The van der Waals surface area contributed by atoms with Crippen molar-refractivity contribution in [1.29, 1.82) is 5.26 Å². The van der Waals surface area contributed by atoms with Crippen molar-refractivity contribution in [3.63, 3.8) is 0 Å². The van der Waals surface area contributed by atoms with Crippen LogP contribution in [0.15, 0.2) is 23.2 Å². The van der Waals surface area contributed by atoms with E-state index in [9.17, 15) is 4.79 Å². The summed E-state index contributed by atoms with van der Waals surface area (Å²) < 4.78 is 15.0. The number of hydrogen-bond donors (Lipinski definition) is 0. The molecule has 0 aliphatic heterocycles. The van der Waals surface area contributed by atoms with E-state index in [1.807, 2.05) is 6.07 Å². The highest BCUT2D eigenvalue weighted by atomic mass is 16.5. The van der Waals surface area contributed by atoms with Crippen molar-refractivity contribution in [2.24, 2.45) is 10.9 Å². The molecule has 20 heavy (non-hydrogen) atoms. The maximum atomic E-state index is 11.5. The molecule has 1 atom stereocenters. The zero-order valence-corrected chi connectivity index (χ0v) is 11.6. The number of methoxy groups -OCH3 is 2. The molecule has 1 unspecified atom stereocenters. The van der Waals surface area contributed by atoms with Gasteiger partial charge in [-0.05, 0) is 19.1 Å². The van der Waals surface area contributed by atoms with Crippen LogP contribution < -0.4 is 9.47 Å². The number of benzene rings is 1. The second-order valence-electron chi connectivity index (χ2n) is 3.67. The van der Waals surface area contributed by atoms with E-state index in [1.54, 1.807) is 25.1 Å². The maximum Gasteiger partial charge on any atom is 0.328 e. The lowest BCUT2D eigenvalue weighted by Crippen LogP contribution is -2.17. The van der Waals surface area contributed by atoms with Crippen molar-refractivity contribution in [3.8, 4) is 17.6 Å². The van der Waals surface area contributed by atoms with Gasteiger partial charge in [0.2, 0.25) is 0 Å². The molecule has 0 aromatic heterocycles. The molecule has 0 aliphatic carbocycles. The number of hydrogen-bond acceptors (Lipinski definition) is 6. The molecule has 6 nitrogen and oxygen atoms in total. The number of rotatable bonds is 6. The number of nitrogens with zero attached hydrogens (tertiary/aromatic N) is 2. The van der Waals surface area contributed by atoms with Crippen LogP contribution in [0.5, 0.6) is 11.5 Å². The van der Waals surface area contributed by atoms with E-state index in [2.05, 4.69) is 4.99 Å². The molecule has 0 saturated carbocycles. The third kappa shape index (κ3) is 3.99. The fourth-order valence-electron chi connectivity index (χ4n) is 1.43. The van der Waals surface area contributed by atoms with Crippen molar-refractivity contribution in [2.45, 2.75) is 6.92 Å². The first kappa shape index (κ1) is 15.5. The van der Waals surface area contributed by atoms with Crippen molar-refractivity contribution in [1.82, 2.24) is 0 Å². The SMILES string of the molecule is CCOC(=O)C(C#N)C=Nc1cc(OC)ccc1OC. The Morgan fingerprint density at radius 1 is 1.45 bits per heavy atom. The molecule has 0 heterocycles. The monoisotopic (exact) mass is 276 g/mol. The van der Waals surface area contributed by atoms with Gasteiger partial charge in [0, 0.05) is 12.3 Å². The predicted molar refractivity (Wildman–Crippen MR) is 73.4 cm³/mol.